The van der Waals surface area contributed by atoms with E-state index in [1.54, 1.807) is 36.4 Å². The van der Waals surface area contributed by atoms with Crippen molar-refractivity contribution in [3.63, 3.8) is 0 Å². The molecule has 0 spiro atoms. The minimum absolute atomic E-state index is 0.330. The van der Waals surface area contributed by atoms with Crippen molar-refractivity contribution in [3.05, 3.63) is 57.0 Å². The number of nitrogens with one attached hydrogen (secondary N) is 1. The first-order valence-electron chi connectivity index (χ1n) is 7.04. The topological polar surface area (TPSA) is 51.2 Å². The van der Waals surface area contributed by atoms with Crippen molar-refractivity contribution in [2.45, 2.75) is 0 Å². The van der Waals surface area contributed by atoms with E-state index in [0.29, 0.717) is 31.5 Å². The zero-order chi connectivity index (χ0) is 18.0. The van der Waals surface area contributed by atoms with Crippen LogP contribution in [0.1, 0.15) is 5.56 Å². The van der Waals surface area contributed by atoms with Gasteiger partial charge in [-0.1, -0.05) is 46.1 Å². The number of hydrogen-bond acceptors (Lipinski definition) is 4. The van der Waals surface area contributed by atoms with Crippen molar-refractivity contribution in [2.24, 2.45) is 0 Å². The predicted octanol–water partition coefficient (Wildman–Crippen LogP) is 5.92. The van der Waals surface area contributed by atoms with Crippen molar-refractivity contribution < 1.29 is 9.53 Å². The Kier molecular flexibility index (Phi) is 5.49. The molecule has 0 aliphatic carbocycles. The molecular formula is C17H11Cl3N2O2S. The van der Waals surface area contributed by atoms with E-state index < -0.39 is 0 Å². The summed E-state index contributed by atoms with van der Waals surface area (Å²) in [6.07, 6.45) is 2.94. The average Bonchev–Trinajstić information content (AvgIpc) is 2.93. The largest absolute Gasteiger partial charge is 0.495 e. The third-order valence-electron chi connectivity index (χ3n) is 3.24. The molecule has 0 radical (unpaired) electrons. The van der Waals surface area contributed by atoms with Crippen LogP contribution in [0.25, 0.3) is 16.3 Å². The van der Waals surface area contributed by atoms with E-state index in [1.165, 1.54) is 24.5 Å². The summed E-state index contributed by atoms with van der Waals surface area (Å²) in [4.78, 5) is 16.5. The monoisotopic (exact) mass is 412 g/mol. The van der Waals surface area contributed by atoms with Crippen LogP contribution in [0.4, 0.5) is 5.13 Å². The van der Waals surface area contributed by atoms with Gasteiger partial charge in [0.1, 0.15) is 5.75 Å². The van der Waals surface area contributed by atoms with Gasteiger partial charge >= 0.3 is 0 Å². The number of ether oxygens (including phenoxy) is 1. The summed E-state index contributed by atoms with van der Waals surface area (Å²) < 4.78 is 6.13. The predicted molar refractivity (Wildman–Crippen MR) is 105 cm³/mol. The molecule has 2 aromatic carbocycles. The lowest BCUT2D eigenvalue weighted by atomic mass is 10.2. The lowest BCUT2D eigenvalue weighted by Crippen LogP contribution is -2.07. The number of carbonyl (C=O) groups excluding carboxylic acids is 1. The van der Waals surface area contributed by atoms with Gasteiger partial charge < -0.3 is 4.74 Å². The fourth-order valence-electron chi connectivity index (χ4n) is 2.18. The molecule has 0 fully saturated rings. The number of rotatable bonds is 4. The first-order valence-corrected chi connectivity index (χ1v) is 8.99. The summed E-state index contributed by atoms with van der Waals surface area (Å²) in [5.74, 6) is 0.119. The second kappa shape index (κ2) is 7.62. The van der Waals surface area contributed by atoms with Crippen molar-refractivity contribution in [3.8, 4) is 5.75 Å². The standard InChI is InChI=1S/C17H11Cl3N2O2S/c1-24-16-9(6-11(19)7-12(16)20)2-5-15(23)22-17-21-13-4-3-10(18)8-14(13)25-17/h2-8H,1H3,(H,21,22,23)/b5-2+. The molecule has 1 amide bonds. The number of halogens is 3. The smallest absolute Gasteiger partial charge is 0.250 e. The quantitative estimate of drug-likeness (QED) is 0.540. The molecule has 8 heteroatoms. The molecule has 3 aromatic rings. The number of methoxy groups -OCH3 is 1. The number of fused-ring (bicyclic) bond motifs is 1. The minimum Gasteiger partial charge on any atom is -0.495 e. The Bertz CT molecular complexity index is 985. The lowest BCUT2D eigenvalue weighted by Gasteiger charge is -2.07. The summed E-state index contributed by atoms with van der Waals surface area (Å²) in [6.45, 7) is 0. The van der Waals surface area contributed by atoms with E-state index in [2.05, 4.69) is 10.3 Å². The number of carbonyl (C=O) groups is 1. The Hall–Kier alpha value is -1.79. The van der Waals surface area contributed by atoms with Crippen LogP contribution < -0.4 is 10.1 Å². The molecule has 1 aromatic heterocycles. The van der Waals surface area contributed by atoms with Gasteiger partial charge in [0.05, 0.1) is 22.3 Å². The zero-order valence-corrected chi connectivity index (χ0v) is 15.9. The van der Waals surface area contributed by atoms with E-state index in [-0.39, 0.29) is 5.91 Å². The molecule has 0 bridgehead atoms. The van der Waals surface area contributed by atoms with E-state index in [0.717, 1.165) is 10.2 Å². The van der Waals surface area contributed by atoms with Crippen LogP contribution in [0, 0.1) is 0 Å². The van der Waals surface area contributed by atoms with Crippen LogP contribution >= 0.6 is 46.1 Å². The van der Waals surface area contributed by atoms with Crippen LogP contribution in [0.5, 0.6) is 5.75 Å². The molecule has 0 saturated heterocycles. The second-order valence-electron chi connectivity index (χ2n) is 4.96. The average molecular weight is 414 g/mol. The molecule has 25 heavy (non-hydrogen) atoms. The normalized spacial score (nSPS) is 11.2. The Labute approximate surface area is 163 Å². The van der Waals surface area contributed by atoms with E-state index >= 15 is 0 Å². The maximum atomic E-state index is 12.1. The van der Waals surface area contributed by atoms with Crippen molar-refractivity contribution >= 4 is 73.5 Å². The van der Waals surface area contributed by atoms with Gasteiger partial charge in [0, 0.05) is 21.7 Å². The van der Waals surface area contributed by atoms with Gasteiger partial charge in [-0.2, -0.15) is 0 Å². The molecule has 3 rings (SSSR count). The molecule has 0 saturated carbocycles. The maximum absolute atomic E-state index is 12.1. The molecule has 0 atom stereocenters. The highest BCUT2D eigenvalue weighted by Crippen LogP contribution is 2.33. The second-order valence-corrected chi connectivity index (χ2v) is 7.27. The molecule has 128 valence electrons. The van der Waals surface area contributed by atoms with Crippen LogP contribution in [0.15, 0.2) is 36.4 Å². The molecule has 1 heterocycles. The van der Waals surface area contributed by atoms with Crippen molar-refractivity contribution in [1.29, 1.82) is 0 Å². The van der Waals surface area contributed by atoms with Gasteiger partial charge in [-0.25, -0.2) is 4.98 Å². The van der Waals surface area contributed by atoms with E-state index in [4.69, 9.17) is 39.5 Å². The Balaban J connectivity index is 1.78. The van der Waals surface area contributed by atoms with Crippen LogP contribution in [0.3, 0.4) is 0 Å². The van der Waals surface area contributed by atoms with Gasteiger partial charge in [0.25, 0.3) is 0 Å². The zero-order valence-electron chi connectivity index (χ0n) is 12.8. The van der Waals surface area contributed by atoms with Crippen LogP contribution in [-0.4, -0.2) is 18.0 Å². The highest BCUT2D eigenvalue weighted by molar-refractivity contribution is 7.22. The lowest BCUT2D eigenvalue weighted by molar-refractivity contribution is -0.111. The molecular weight excluding hydrogens is 403 g/mol. The number of benzene rings is 2. The highest BCUT2D eigenvalue weighted by Gasteiger charge is 2.09. The molecule has 0 unspecified atom stereocenters. The van der Waals surface area contributed by atoms with Crippen LogP contribution in [0.2, 0.25) is 15.1 Å². The summed E-state index contributed by atoms with van der Waals surface area (Å²) in [7, 11) is 1.50. The molecule has 0 aliphatic heterocycles. The Morgan fingerprint density at radius 1 is 1.20 bits per heavy atom. The number of aromatic nitrogens is 1. The number of amides is 1. The van der Waals surface area contributed by atoms with Gasteiger partial charge in [0.15, 0.2) is 5.13 Å². The molecule has 1 N–H and O–H groups in total. The van der Waals surface area contributed by atoms with E-state index in [1.807, 2.05) is 0 Å². The molecule has 0 aliphatic rings. The highest BCUT2D eigenvalue weighted by atomic mass is 35.5. The summed E-state index contributed by atoms with van der Waals surface area (Å²) in [5, 5.41) is 4.66. The van der Waals surface area contributed by atoms with Crippen molar-refractivity contribution in [2.75, 3.05) is 12.4 Å². The fraction of sp³-hybridized carbons (Fsp3) is 0.0588. The van der Waals surface area contributed by atoms with Gasteiger partial charge in [-0.15, -0.1) is 0 Å². The summed E-state index contributed by atoms with van der Waals surface area (Å²) >= 11 is 19.4. The number of anilines is 1. The van der Waals surface area contributed by atoms with Crippen molar-refractivity contribution in [1.82, 2.24) is 4.98 Å². The fourth-order valence-corrected chi connectivity index (χ4v) is 3.92. The van der Waals surface area contributed by atoms with Crippen LogP contribution in [-0.2, 0) is 4.79 Å². The first kappa shape index (κ1) is 18.0. The number of hydrogen-bond donors (Lipinski definition) is 1. The summed E-state index contributed by atoms with van der Waals surface area (Å²) in [5.41, 5.74) is 1.38. The van der Waals surface area contributed by atoms with Gasteiger partial charge in [0.2, 0.25) is 5.91 Å². The SMILES string of the molecule is COc1c(Cl)cc(Cl)cc1/C=C/C(=O)Nc1nc2ccc(Cl)cc2s1. The van der Waals surface area contributed by atoms with Gasteiger partial charge in [-0.05, 0) is 36.4 Å². The minimum atomic E-state index is -0.330. The Morgan fingerprint density at radius 3 is 2.76 bits per heavy atom. The third-order valence-corrected chi connectivity index (χ3v) is 4.90. The number of thiazole rings is 1. The molecule has 4 nitrogen and oxygen atoms in total. The van der Waals surface area contributed by atoms with E-state index in [9.17, 15) is 4.79 Å². The maximum Gasteiger partial charge on any atom is 0.250 e. The first-order chi connectivity index (χ1) is 12.0. The summed E-state index contributed by atoms with van der Waals surface area (Å²) in [6, 6.07) is 8.60. The number of nitrogens with zero attached hydrogens (tertiary/aromatic N) is 1. The Morgan fingerprint density at radius 2 is 2.00 bits per heavy atom. The third kappa shape index (κ3) is 4.25. The van der Waals surface area contributed by atoms with Gasteiger partial charge in [-0.3, -0.25) is 10.1 Å².